The molecule has 21 heteroatoms. The second-order valence-corrected chi connectivity index (χ2v) is 42.0. The fourth-order valence-electron chi connectivity index (χ4n) is 11.1. The first-order valence-corrected chi connectivity index (χ1v) is 42.2. The molecule has 110 heavy (non-hydrogen) atoms. The highest BCUT2D eigenvalue weighted by Gasteiger charge is 2.39. The second kappa shape index (κ2) is 50.5. The Morgan fingerprint density at radius 1 is 0.318 bits per heavy atom. The molecule has 21 nitrogen and oxygen atoms in total. The molecule has 0 aromatic carbocycles. The van der Waals surface area contributed by atoms with E-state index in [0.717, 1.165) is 44.6 Å². The maximum absolute atomic E-state index is 12.2. The van der Waals surface area contributed by atoms with Crippen LogP contribution < -0.4 is 37.2 Å². The zero-order valence-electron chi connectivity index (χ0n) is 78.4. The van der Waals surface area contributed by atoms with Crippen molar-refractivity contribution in [2.45, 2.75) is 435 Å². The fourth-order valence-corrected chi connectivity index (χ4v) is 11.1. The summed E-state index contributed by atoms with van der Waals surface area (Å²) in [6.45, 7) is 82.5. The zero-order valence-corrected chi connectivity index (χ0v) is 78.4. The van der Waals surface area contributed by atoms with E-state index in [9.17, 15) is 33.6 Å². The number of nitrogens with one attached hydrogen (secondary N) is 7. The quantitative estimate of drug-likeness (QED) is 0.0340. The number of rotatable bonds is 31. The van der Waals surface area contributed by atoms with Crippen molar-refractivity contribution in [1.29, 1.82) is 0 Å². The van der Waals surface area contributed by atoms with Crippen molar-refractivity contribution < 1.29 is 66.7 Å². The van der Waals surface area contributed by atoms with Gasteiger partial charge in [0, 0.05) is 78.4 Å². The number of amides is 7. The molecule has 9 atom stereocenters. The van der Waals surface area contributed by atoms with Crippen LogP contribution in [-0.4, -0.2) is 169 Å². The lowest BCUT2D eigenvalue weighted by Crippen LogP contribution is -2.50. The minimum Gasteiger partial charge on any atom is -0.369 e. The summed E-state index contributed by atoms with van der Waals surface area (Å²) in [5.74, 6) is 3.84. The van der Waals surface area contributed by atoms with Gasteiger partial charge in [-0.2, -0.15) is 0 Å². The van der Waals surface area contributed by atoms with Crippen LogP contribution in [0.3, 0.4) is 0 Å². The molecule has 0 spiro atoms. The third-order valence-electron chi connectivity index (χ3n) is 16.6. The summed E-state index contributed by atoms with van der Waals surface area (Å²) in [5.41, 5.74) is -1.31. The molecule has 7 N–H and O–H groups in total. The zero-order chi connectivity index (χ0) is 86.6. The molecule has 0 saturated heterocycles. The lowest BCUT2D eigenvalue weighted by molar-refractivity contribution is -0.141. The Kier molecular flexibility index (Phi) is 50.6. The van der Waals surface area contributed by atoms with Gasteiger partial charge in [0.2, 0.25) is 41.4 Å². The third-order valence-corrected chi connectivity index (χ3v) is 16.6. The van der Waals surface area contributed by atoms with Crippen LogP contribution in [0.5, 0.6) is 0 Å². The van der Waals surface area contributed by atoms with E-state index in [1.165, 1.54) is 51.4 Å². The minimum absolute atomic E-state index is 0.00993. The molecule has 0 bridgehead atoms. The van der Waals surface area contributed by atoms with Gasteiger partial charge in [-0.05, 0) is 290 Å². The minimum atomic E-state index is -0.387. The molecule has 0 radical (unpaired) electrons. The fraction of sp³-hybridized carbons (Fsp3) is 0.921. The molecule has 4 aliphatic carbocycles. The molecule has 4 fully saturated rings. The summed E-state index contributed by atoms with van der Waals surface area (Å²) in [6.07, 6.45) is 12.1. The molecular weight excluding hydrogens is 1390 g/mol. The second-order valence-electron chi connectivity index (χ2n) is 42.0. The molecule has 4 rings (SSSR count). The third kappa shape index (κ3) is 63.3. The molecular formula is C89H177N7O14. The van der Waals surface area contributed by atoms with Gasteiger partial charge in [0.25, 0.3) is 0 Å². The van der Waals surface area contributed by atoms with E-state index in [2.05, 4.69) is 85.7 Å². The average molecular weight is 1570 g/mol. The summed E-state index contributed by atoms with van der Waals surface area (Å²) in [6, 6.07) is 0. The molecule has 4 aliphatic rings. The smallest absolute Gasteiger partial charge is 0.250 e. The number of ether oxygens (including phenoxy) is 7. The first-order valence-electron chi connectivity index (χ1n) is 42.2. The van der Waals surface area contributed by atoms with Crippen LogP contribution in [0.15, 0.2) is 0 Å². The van der Waals surface area contributed by atoms with Gasteiger partial charge in [0.05, 0.1) is 6.61 Å². The van der Waals surface area contributed by atoms with Crippen LogP contribution in [0.25, 0.3) is 0 Å². The van der Waals surface area contributed by atoms with Crippen molar-refractivity contribution >= 4 is 41.4 Å². The van der Waals surface area contributed by atoms with Crippen molar-refractivity contribution in [2.24, 2.45) is 51.8 Å². The molecule has 7 amide bonds. The van der Waals surface area contributed by atoms with Gasteiger partial charge in [-0.1, -0.05) is 115 Å². The summed E-state index contributed by atoms with van der Waals surface area (Å²) < 4.78 is 38.8. The van der Waals surface area contributed by atoms with Crippen LogP contribution >= 0.6 is 0 Å². The average Bonchev–Trinajstić information content (AvgIpc) is 0.890. The Balaban J connectivity index is -0.00000122. The predicted molar refractivity (Wildman–Crippen MR) is 454 cm³/mol. The summed E-state index contributed by atoms with van der Waals surface area (Å²) >= 11 is 0. The summed E-state index contributed by atoms with van der Waals surface area (Å²) in [5, 5.41) is 20.8. The van der Waals surface area contributed by atoms with Crippen molar-refractivity contribution in [1.82, 2.24) is 37.2 Å². The van der Waals surface area contributed by atoms with Crippen molar-refractivity contribution in [3.05, 3.63) is 0 Å². The molecule has 4 saturated carbocycles. The van der Waals surface area contributed by atoms with Gasteiger partial charge >= 0.3 is 0 Å². The van der Waals surface area contributed by atoms with E-state index in [0.29, 0.717) is 63.3 Å². The van der Waals surface area contributed by atoms with E-state index in [1.807, 2.05) is 222 Å². The maximum atomic E-state index is 12.2. The maximum Gasteiger partial charge on any atom is 0.250 e. The first-order chi connectivity index (χ1) is 49.6. The van der Waals surface area contributed by atoms with Crippen LogP contribution in [0.4, 0.5) is 0 Å². The van der Waals surface area contributed by atoms with Gasteiger partial charge in [-0.3, -0.25) is 33.6 Å². The molecule has 0 aliphatic heterocycles. The molecule has 652 valence electrons. The number of carbonyl (C=O) groups is 7. The number of hydrogen-bond acceptors (Lipinski definition) is 14. The highest BCUT2D eigenvalue weighted by atomic mass is 16.5. The van der Waals surface area contributed by atoms with E-state index >= 15 is 0 Å². The number of hydrogen-bond donors (Lipinski definition) is 7. The van der Waals surface area contributed by atoms with Crippen LogP contribution in [-0.2, 0) is 66.7 Å². The monoisotopic (exact) mass is 1570 g/mol. The Hall–Kier alpha value is -3.99. The van der Waals surface area contributed by atoms with E-state index in [-0.39, 0.29) is 145 Å². The van der Waals surface area contributed by atoms with Gasteiger partial charge in [-0.25, -0.2) is 0 Å². The first kappa shape index (κ1) is 110. The Bertz CT molecular complexity index is 2530. The molecule has 0 heterocycles. The number of carbonyl (C=O) groups excluding carboxylic acids is 7. The van der Waals surface area contributed by atoms with Crippen molar-refractivity contribution in [2.75, 3.05) is 46.2 Å². The Labute approximate surface area is 675 Å². The summed E-state index contributed by atoms with van der Waals surface area (Å²) in [7, 11) is 0. The normalized spacial score (nSPS) is 18.1. The van der Waals surface area contributed by atoms with E-state index in [1.54, 1.807) is 0 Å². The Morgan fingerprint density at radius 2 is 0.573 bits per heavy atom. The van der Waals surface area contributed by atoms with Gasteiger partial charge in [0.15, 0.2) is 0 Å². The van der Waals surface area contributed by atoms with Crippen molar-refractivity contribution in [3.8, 4) is 0 Å². The van der Waals surface area contributed by atoms with Crippen LogP contribution in [0.2, 0.25) is 0 Å². The standard InChI is InChI=1S/C15H29NO2.2C13H25NO2.C13H27NO2.C12H23NO2.C12H25NO2.C11H23NO2/c1-14(2,3)9-12(18-10-11-7-8-11)13(17)16-15(4,5)6;1-6-16-11(8-10-7-9(10)2)12(15)14-13(3,4)5;1-5-16-11(9-10-7-6-8-10)12(15)14-13(2,3)4;1-8-16-10(9-12(2,3)4)11(15)14-13(5,6)7;1-5-15-10(8-9-6-7-9)11(14)13-12(2,3)4;1-8-15-9(11(2,3)4)10(14)13-12(5,6)7;1-7-14-9(8(2)3)10(13)12-11(4,5)6/h11-12H,7-10H2,1-6H3,(H,16,17);9-11H,6-8H2,1-5H3,(H,14,15);10-11H,5-9H2,1-4H3,(H,14,15);10H,8-9H2,1-7H3,(H,14,15);9-10H,5-8H2,1-4H3,(H,13,14);9H,8H2,1-7H3,(H,13,14);8-9H,7H2,1-6H3,(H,12,13). The van der Waals surface area contributed by atoms with E-state index < -0.39 is 0 Å². The van der Waals surface area contributed by atoms with Crippen molar-refractivity contribution in [3.63, 3.8) is 0 Å². The van der Waals surface area contributed by atoms with E-state index in [4.69, 9.17) is 33.2 Å². The predicted octanol–water partition coefficient (Wildman–Crippen LogP) is 17.1. The van der Waals surface area contributed by atoms with Gasteiger partial charge < -0.3 is 70.4 Å². The van der Waals surface area contributed by atoms with Gasteiger partial charge in [0.1, 0.15) is 42.7 Å². The Morgan fingerprint density at radius 3 is 0.809 bits per heavy atom. The highest BCUT2D eigenvalue weighted by Crippen LogP contribution is 2.42. The SMILES string of the molecule is CC(C)(C)CC(OCC1CC1)C(=O)NC(C)(C)C.CCOC(C(=O)NC(C)(C)C)C(C)(C)C.CCOC(C(=O)NC(C)(C)C)C(C)C.CCOC(CC(C)(C)C)C(=O)NC(C)(C)C.CCOC(CC1CC1)C(=O)NC(C)(C)C.CCOC(CC1CC1C)C(=O)NC(C)(C)C.CCOC(CC1CCC1)C(=O)NC(C)(C)C. The lowest BCUT2D eigenvalue weighted by atomic mass is 9.81. The molecule has 0 aromatic rings. The topological polar surface area (TPSA) is 268 Å². The highest BCUT2D eigenvalue weighted by molar-refractivity contribution is 5.84. The summed E-state index contributed by atoms with van der Waals surface area (Å²) in [4.78, 5) is 83.8. The van der Waals surface area contributed by atoms with Crippen LogP contribution in [0.1, 0.15) is 353 Å². The van der Waals surface area contributed by atoms with Crippen LogP contribution in [0, 0.1) is 51.8 Å². The molecule has 0 aromatic heterocycles. The molecule has 9 unspecified atom stereocenters. The van der Waals surface area contributed by atoms with Gasteiger partial charge in [-0.15, -0.1) is 0 Å². The largest absolute Gasteiger partial charge is 0.369 e. The lowest BCUT2D eigenvalue weighted by Gasteiger charge is -2.32.